The molecule has 26 heavy (non-hydrogen) atoms. The zero-order chi connectivity index (χ0) is 18.1. The summed E-state index contributed by atoms with van der Waals surface area (Å²) >= 11 is 0. The Labute approximate surface area is 154 Å². The number of benzene rings is 2. The summed E-state index contributed by atoms with van der Waals surface area (Å²) in [5.41, 5.74) is 0.647. The van der Waals surface area contributed by atoms with Gasteiger partial charge in [-0.25, -0.2) is 8.42 Å². The van der Waals surface area contributed by atoms with Crippen molar-refractivity contribution < 1.29 is 13.2 Å². The Balaban J connectivity index is 1.70. The van der Waals surface area contributed by atoms with Crippen molar-refractivity contribution in [3.8, 4) is 0 Å². The molecule has 4 rings (SSSR count). The zero-order valence-electron chi connectivity index (χ0n) is 14.4. The second-order valence-corrected chi connectivity index (χ2v) is 8.77. The predicted octanol–water partition coefficient (Wildman–Crippen LogP) is 3.52. The quantitative estimate of drug-likeness (QED) is 0.614. The molecule has 0 radical (unpaired) electrons. The molecule has 3 atom stereocenters. The van der Waals surface area contributed by atoms with Crippen LogP contribution in [-0.4, -0.2) is 31.1 Å². The van der Waals surface area contributed by atoms with Gasteiger partial charge in [0.05, 0.1) is 4.90 Å². The van der Waals surface area contributed by atoms with E-state index in [0.717, 1.165) is 12.8 Å². The van der Waals surface area contributed by atoms with Gasteiger partial charge in [0.15, 0.2) is 5.78 Å². The summed E-state index contributed by atoms with van der Waals surface area (Å²) in [4.78, 5) is 13.3. The number of hydrogen-bond acceptors (Lipinski definition) is 3. The van der Waals surface area contributed by atoms with Crippen LogP contribution in [0.3, 0.4) is 0 Å². The van der Waals surface area contributed by atoms with Crippen molar-refractivity contribution >= 4 is 15.8 Å². The van der Waals surface area contributed by atoms with E-state index < -0.39 is 10.0 Å². The van der Waals surface area contributed by atoms with E-state index in [2.05, 4.69) is 6.08 Å². The van der Waals surface area contributed by atoms with E-state index in [0.29, 0.717) is 10.5 Å². The maximum atomic E-state index is 13.2. The Morgan fingerprint density at radius 1 is 0.962 bits per heavy atom. The highest BCUT2D eigenvalue weighted by Crippen LogP contribution is 2.41. The third-order valence-electron chi connectivity index (χ3n) is 5.39. The highest BCUT2D eigenvalue weighted by molar-refractivity contribution is 7.89. The fraction of sp³-hybridized carbons (Fsp3) is 0.286. The van der Waals surface area contributed by atoms with E-state index in [9.17, 15) is 13.2 Å². The third kappa shape index (κ3) is 2.91. The largest absolute Gasteiger partial charge is 0.294 e. The summed E-state index contributed by atoms with van der Waals surface area (Å²) in [7, 11) is -3.61. The lowest BCUT2D eigenvalue weighted by atomic mass is 9.81. The maximum Gasteiger partial charge on any atom is 0.243 e. The summed E-state index contributed by atoms with van der Waals surface area (Å²) in [6.07, 6.45) is 5.71. The van der Waals surface area contributed by atoms with Gasteiger partial charge in [0.2, 0.25) is 10.0 Å². The van der Waals surface area contributed by atoms with Crippen LogP contribution < -0.4 is 0 Å². The van der Waals surface area contributed by atoms with Crippen molar-refractivity contribution in [2.45, 2.75) is 23.8 Å². The topological polar surface area (TPSA) is 54.5 Å². The van der Waals surface area contributed by atoms with E-state index >= 15 is 0 Å². The van der Waals surface area contributed by atoms with E-state index in [-0.39, 0.29) is 30.2 Å². The van der Waals surface area contributed by atoms with Gasteiger partial charge in [0.1, 0.15) is 0 Å². The molecule has 1 aliphatic carbocycles. The van der Waals surface area contributed by atoms with Crippen molar-refractivity contribution in [3.63, 3.8) is 0 Å². The molecule has 1 fully saturated rings. The number of ketones is 1. The molecular formula is C21H21NO3S. The average Bonchev–Trinajstić information content (AvgIpc) is 3.09. The van der Waals surface area contributed by atoms with Crippen LogP contribution in [0.25, 0.3) is 0 Å². The average molecular weight is 367 g/mol. The van der Waals surface area contributed by atoms with E-state index in [1.165, 1.54) is 0 Å². The van der Waals surface area contributed by atoms with Crippen LogP contribution in [0.1, 0.15) is 23.2 Å². The first-order valence-electron chi connectivity index (χ1n) is 8.92. The molecule has 0 aromatic heterocycles. The minimum Gasteiger partial charge on any atom is -0.294 e. The van der Waals surface area contributed by atoms with Crippen molar-refractivity contribution in [1.82, 2.24) is 4.31 Å². The number of sulfonamides is 1. The fourth-order valence-electron chi connectivity index (χ4n) is 4.11. The van der Waals surface area contributed by atoms with Gasteiger partial charge in [0.25, 0.3) is 0 Å². The molecule has 1 heterocycles. The van der Waals surface area contributed by atoms with Gasteiger partial charge in [-0.05, 0) is 25.0 Å². The number of allylic oxidation sites excluding steroid dienone is 1. The normalized spacial score (nSPS) is 25.8. The van der Waals surface area contributed by atoms with Gasteiger partial charge in [-0.15, -0.1) is 0 Å². The fourth-order valence-corrected chi connectivity index (χ4v) is 5.84. The number of fused-ring (bicyclic) bond motifs is 1. The molecule has 0 N–H and O–H groups in total. The molecule has 1 aliphatic heterocycles. The molecular weight excluding hydrogens is 346 g/mol. The third-order valence-corrected chi connectivity index (χ3v) is 7.29. The van der Waals surface area contributed by atoms with Gasteiger partial charge in [-0.3, -0.25) is 4.79 Å². The predicted molar refractivity (Wildman–Crippen MR) is 100 cm³/mol. The van der Waals surface area contributed by atoms with Crippen LogP contribution in [0.15, 0.2) is 77.7 Å². The molecule has 0 saturated carbocycles. The lowest BCUT2D eigenvalue weighted by Gasteiger charge is -2.28. The summed E-state index contributed by atoms with van der Waals surface area (Å²) in [5, 5.41) is 0. The number of carbonyl (C=O) groups is 1. The lowest BCUT2D eigenvalue weighted by Crippen LogP contribution is -2.38. The van der Waals surface area contributed by atoms with Crippen molar-refractivity contribution in [2.24, 2.45) is 11.8 Å². The molecule has 0 amide bonds. The number of Topliss-reactive ketones (excluding diaryl/α,β-unsaturated/α-hetero) is 1. The van der Waals surface area contributed by atoms with Crippen molar-refractivity contribution in [3.05, 3.63) is 78.4 Å². The SMILES string of the molecule is O=C(c1ccccc1)[C@H]1CN(S(=O)(=O)c2ccccc2)[C@@H]2CCC=C[C@H]12. The number of hydrogen-bond donors (Lipinski definition) is 0. The number of carbonyl (C=O) groups excluding carboxylic acids is 1. The van der Waals surface area contributed by atoms with Crippen molar-refractivity contribution in [1.29, 1.82) is 0 Å². The van der Waals surface area contributed by atoms with Gasteiger partial charge in [-0.2, -0.15) is 4.31 Å². The first-order valence-corrected chi connectivity index (χ1v) is 10.4. The van der Waals surface area contributed by atoms with E-state index in [1.54, 1.807) is 46.8 Å². The van der Waals surface area contributed by atoms with Gasteiger partial charge in [-0.1, -0.05) is 60.7 Å². The second-order valence-electron chi connectivity index (χ2n) is 6.87. The van der Waals surface area contributed by atoms with E-state index in [4.69, 9.17) is 0 Å². The first-order chi connectivity index (χ1) is 12.6. The number of rotatable bonds is 4. The monoisotopic (exact) mass is 367 g/mol. The van der Waals surface area contributed by atoms with Crippen LogP contribution in [0.2, 0.25) is 0 Å². The molecule has 1 saturated heterocycles. The summed E-state index contributed by atoms with van der Waals surface area (Å²) < 4.78 is 27.9. The minimum atomic E-state index is -3.61. The van der Waals surface area contributed by atoms with E-state index in [1.807, 2.05) is 24.3 Å². The Kier molecular flexibility index (Phi) is 4.51. The standard InChI is InChI=1S/C21H21NO3S/c23-21(16-9-3-1-4-10-16)19-15-22(20-14-8-7-13-18(19)20)26(24,25)17-11-5-2-6-12-17/h1-7,9-13,18-20H,8,14-15H2/t18-,19+,20-/m1/s1. The Morgan fingerprint density at radius 3 is 2.31 bits per heavy atom. The Hall–Kier alpha value is -2.24. The Bertz CT molecular complexity index is 922. The highest BCUT2D eigenvalue weighted by atomic mass is 32.2. The lowest BCUT2D eigenvalue weighted by molar-refractivity contribution is 0.0908. The molecule has 134 valence electrons. The molecule has 2 aliphatic rings. The second kappa shape index (κ2) is 6.82. The van der Waals surface area contributed by atoms with Crippen molar-refractivity contribution in [2.75, 3.05) is 6.54 Å². The summed E-state index contributed by atoms with van der Waals surface area (Å²) in [5.74, 6) is -0.370. The van der Waals surface area contributed by atoms with Crippen LogP contribution in [0.5, 0.6) is 0 Å². The molecule has 0 spiro atoms. The molecule has 0 unspecified atom stereocenters. The zero-order valence-corrected chi connectivity index (χ0v) is 15.2. The van der Waals surface area contributed by atoms with Crippen LogP contribution in [0, 0.1) is 11.8 Å². The number of nitrogens with zero attached hydrogens (tertiary/aromatic N) is 1. The van der Waals surface area contributed by atoms with Crippen LogP contribution in [0.4, 0.5) is 0 Å². The molecule has 4 nitrogen and oxygen atoms in total. The highest BCUT2D eigenvalue weighted by Gasteiger charge is 2.49. The summed E-state index contributed by atoms with van der Waals surface area (Å²) in [6, 6.07) is 17.5. The molecule has 2 aromatic carbocycles. The molecule has 2 aromatic rings. The molecule has 0 bridgehead atoms. The smallest absolute Gasteiger partial charge is 0.243 e. The minimum absolute atomic E-state index is 0.0258. The van der Waals surface area contributed by atoms with Crippen LogP contribution >= 0.6 is 0 Å². The van der Waals surface area contributed by atoms with Gasteiger partial charge in [0, 0.05) is 30.0 Å². The van der Waals surface area contributed by atoms with Crippen LogP contribution in [-0.2, 0) is 10.0 Å². The maximum absolute atomic E-state index is 13.2. The van der Waals surface area contributed by atoms with Gasteiger partial charge >= 0.3 is 0 Å². The van der Waals surface area contributed by atoms with Gasteiger partial charge < -0.3 is 0 Å². The summed E-state index contributed by atoms with van der Waals surface area (Å²) in [6.45, 7) is 0.241. The Morgan fingerprint density at radius 2 is 1.62 bits per heavy atom. The first kappa shape index (κ1) is 17.2. The molecule has 5 heteroatoms.